The number of nitro benzene ring substituents is 1. The van der Waals surface area contributed by atoms with E-state index in [1.54, 1.807) is 0 Å². The van der Waals surface area contributed by atoms with Crippen LogP contribution in [-0.2, 0) is 4.79 Å². The van der Waals surface area contributed by atoms with Crippen LogP contribution in [0.15, 0.2) is 24.3 Å². The molecule has 6 nitrogen and oxygen atoms in total. The van der Waals surface area contributed by atoms with Gasteiger partial charge in [-0.15, -0.1) is 0 Å². The number of hydrogen-bond acceptors (Lipinski definition) is 4. The molecule has 0 unspecified atom stereocenters. The number of benzene rings is 1. The van der Waals surface area contributed by atoms with Gasteiger partial charge >= 0.3 is 0 Å². The van der Waals surface area contributed by atoms with Gasteiger partial charge in [0.2, 0.25) is 0 Å². The van der Waals surface area contributed by atoms with Gasteiger partial charge in [-0.25, -0.2) is 0 Å². The Hall–Kier alpha value is -2.11. The number of nitrogens with one attached hydrogen (secondary N) is 1. The number of carbonyl (C=O) groups is 1. The molecular weight excluding hydrogens is 320 g/mol. The molecule has 0 heterocycles. The molecule has 4 fully saturated rings. The average molecular weight is 344 g/mol. The SMILES string of the molecule is O=C(COc1ccc([N+](=O)[O-])cc1)NCC12CC3CC(CC(C3)C1)C2. The van der Waals surface area contributed by atoms with Crippen LogP contribution in [0.3, 0.4) is 0 Å². The number of nitro groups is 1. The zero-order chi connectivity index (χ0) is 17.4. The molecule has 0 atom stereocenters. The second kappa shape index (κ2) is 6.32. The summed E-state index contributed by atoms with van der Waals surface area (Å²) in [6.45, 7) is 0.711. The summed E-state index contributed by atoms with van der Waals surface area (Å²) in [4.78, 5) is 22.3. The summed E-state index contributed by atoms with van der Waals surface area (Å²) in [7, 11) is 0. The van der Waals surface area contributed by atoms with Gasteiger partial charge in [-0.2, -0.15) is 0 Å². The van der Waals surface area contributed by atoms with Crippen molar-refractivity contribution in [3.8, 4) is 5.75 Å². The molecule has 4 aliphatic carbocycles. The van der Waals surface area contributed by atoms with Crippen molar-refractivity contribution in [1.29, 1.82) is 0 Å². The lowest BCUT2D eigenvalue weighted by Gasteiger charge is -2.56. The van der Waals surface area contributed by atoms with Crippen LogP contribution < -0.4 is 10.1 Å². The van der Waals surface area contributed by atoms with Gasteiger partial charge in [0, 0.05) is 18.7 Å². The second-order valence-corrected chi connectivity index (χ2v) is 8.23. The molecule has 1 N–H and O–H groups in total. The van der Waals surface area contributed by atoms with E-state index in [2.05, 4.69) is 5.32 Å². The largest absolute Gasteiger partial charge is 0.484 e. The Morgan fingerprint density at radius 2 is 1.68 bits per heavy atom. The maximum atomic E-state index is 12.1. The Morgan fingerprint density at radius 3 is 2.20 bits per heavy atom. The van der Waals surface area contributed by atoms with E-state index in [9.17, 15) is 14.9 Å². The highest BCUT2D eigenvalue weighted by atomic mass is 16.6. The van der Waals surface area contributed by atoms with Crippen molar-refractivity contribution in [3.63, 3.8) is 0 Å². The van der Waals surface area contributed by atoms with E-state index in [-0.39, 0.29) is 18.2 Å². The third-order valence-corrected chi connectivity index (χ3v) is 6.24. The number of nitrogens with zero attached hydrogens (tertiary/aromatic N) is 1. The zero-order valence-electron chi connectivity index (χ0n) is 14.3. The Bertz CT molecular complexity index is 635. The fourth-order valence-electron chi connectivity index (χ4n) is 5.66. The summed E-state index contributed by atoms with van der Waals surface area (Å²) in [5, 5.41) is 13.7. The molecule has 4 aliphatic rings. The van der Waals surface area contributed by atoms with Crippen LogP contribution in [0.2, 0.25) is 0 Å². The second-order valence-electron chi connectivity index (χ2n) is 8.23. The summed E-state index contributed by atoms with van der Waals surface area (Å²) >= 11 is 0. The highest BCUT2D eigenvalue weighted by Crippen LogP contribution is 2.59. The minimum Gasteiger partial charge on any atom is -0.484 e. The number of hydrogen-bond donors (Lipinski definition) is 1. The number of rotatable bonds is 6. The van der Waals surface area contributed by atoms with Gasteiger partial charge in [-0.05, 0) is 73.8 Å². The minimum atomic E-state index is -0.456. The molecule has 5 rings (SSSR count). The van der Waals surface area contributed by atoms with Gasteiger partial charge in [-0.1, -0.05) is 0 Å². The first kappa shape index (κ1) is 16.4. The fraction of sp³-hybridized carbons (Fsp3) is 0.632. The van der Waals surface area contributed by atoms with Gasteiger partial charge in [-0.3, -0.25) is 14.9 Å². The average Bonchev–Trinajstić information content (AvgIpc) is 2.57. The normalized spacial score (nSPS) is 32.4. The van der Waals surface area contributed by atoms with E-state index >= 15 is 0 Å². The smallest absolute Gasteiger partial charge is 0.269 e. The fourth-order valence-corrected chi connectivity index (χ4v) is 5.66. The van der Waals surface area contributed by atoms with Crippen molar-refractivity contribution >= 4 is 11.6 Å². The van der Waals surface area contributed by atoms with Gasteiger partial charge in [0.1, 0.15) is 5.75 Å². The first-order chi connectivity index (χ1) is 12.0. The number of ether oxygens (including phenoxy) is 1. The molecule has 25 heavy (non-hydrogen) atoms. The Labute approximate surface area is 147 Å². The first-order valence-corrected chi connectivity index (χ1v) is 9.15. The predicted octanol–water partition coefficient (Wildman–Crippen LogP) is 3.31. The molecule has 1 amide bonds. The summed E-state index contributed by atoms with van der Waals surface area (Å²) < 4.78 is 5.44. The van der Waals surface area contributed by atoms with E-state index in [1.807, 2.05) is 0 Å². The quantitative estimate of drug-likeness (QED) is 0.634. The van der Waals surface area contributed by atoms with E-state index in [4.69, 9.17) is 4.74 Å². The van der Waals surface area contributed by atoms with Gasteiger partial charge in [0.15, 0.2) is 6.61 Å². The standard InChI is InChI=1S/C19H24N2O4/c22-18(11-25-17-3-1-16(2-4-17)21(23)24)20-12-19-8-13-5-14(9-19)7-15(6-13)10-19/h1-4,13-15H,5-12H2,(H,20,22). The molecule has 4 saturated carbocycles. The maximum absolute atomic E-state index is 12.1. The molecule has 6 heteroatoms. The van der Waals surface area contributed by atoms with Crippen molar-refractivity contribution < 1.29 is 14.5 Å². The Balaban J connectivity index is 1.26. The lowest BCUT2D eigenvalue weighted by atomic mass is 9.49. The van der Waals surface area contributed by atoms with Crippen molar-refractivity contribution in [2.45, 2.75) is 38.5 Å². The molecule has 0 spiro atoms. The molecule has 0 aromatic heterocycles. The topological polar surface area (TPSA) is 81.5 Å². The van der Waals surface area contributed by atoms with E-state index in [0.717, 1.165) is 24.3 Å². The van der Waals surface area contributed by atoms with E-state index in [0.29, 0.717) is 11.2 Å². The number of carbonyl (C=O) groups excluding carboxylic acids is 1. The third kappa shape index (κ3) is 3.48. The first-order valence-electron chi connectivity index (χ1n) is 9.15. The number of amides is 1. The summed E-state index contributed by atoms with van der Waals surface area (Å²) in [6.07, 6.45) is 8.00. The Morgan fingerprint density at radius 1 is 1.12 bits per heavy atom. The monoisotopic (exact) mass is 344 g/mol. The molecule has 134 valence electrons. The lowest BCUT2D eigenvalue weighted by molar-refractivity contribution is -0.384. The van der Waals surface area contributed by atoms with Gasteiger partial charge in [0.25, 0.3) is 11.6 Å². The van der Waals surface area contributed by atoms with Crippen molar-refractivity contribution in [3.05, 3.63) is 34.4 Å². The zero-order valence-corrected chi connectivity index (χ0v) is 14.3. The van der Waals surface area contributed by atoms with E-state index < -0.39 is 4.92 Å². The Kier molecular flexibility index (Phi) is 4.13. The predicted molar refractivity (Wildman–Crippen MR) is 92.2 cm³/mol. The van der Waals surface area contributed by atoms with Crippen LogP contribution in [0.5, 0.6) is 5.75 Å². The lowest BCUT2D eigenvalue weighted by Crippen LogP contribution is -2.51. The molecule has 0 aliphatic heterocycles. The molecule has 0 saturated heterocycles. The van der Waals surface area contributed by atoms with Crippen LogP contribution in [0.25, 0.3) is 0 Å². The highest BCUT2D eigenvalue weighted by Gasteiger charge is 2.50. The molecule has 1 aromatic rings. The van der Waals surface area contributed by atoms with Crippen LogP contribution in [0.1, 0.15) is 38.5 Å². The summed E-state index contributed by atoms with van der Waals surface area (Å²) in [6, 6.07) is 5.79. The van der Waals surface area contributed by atoms with Crippen LogP contribution in [0.4, 0.5) is 5.69 Å². The molecular formula is C19H24N2O4. The van der Waals surface area contributed by atoms with E-state index in [1.165, 1.54) is 62.8 Å². The van der Waals surface area contributed by atoms with Gasteiger partial charge in [0.05, 0.1) is 4.92 Å². The summed E-state index contributed by atoms with van der Waals surface area (Å²) in [5.41, 5.74) is 0.330. The number of non-ortho nitro benzene ring substituents is 1. The van der Waals surface area contributed by atoms with Crippen LogP contribution >= 0.6 is 0 Å². The molecule has 0 radical (unpaired) electrons. The molecule has 1 aromatic carbocycles. The van der Waals surface area contributed by atoms with Crippen molar-refractivity contribution in [2.24, 2.45) is 23.2 Å². The van der Waals surface area contributed by atoms with Crippen LogP contribution in [-0.4, -0.2) is 24.0 Å². The third-order valence-electron chi connectivity index (χ3n) is 6.24. The van der Waals surface area contributed by atoms with Gasteiger partial charge < -0.3 is 10.1 Å². The van der Waals surface area contributed by atoms with Crippen molar-refractivity contribution in [1.82, 2.24) is 5.32 Å². The minimum absolute atomic E-state index is 0.0126. The van der Waals surface area contributed by atoms with Crippen LogP contribution in [0, 0.1) is 33.3 Å². The molecule has 4 bridgehead atoms. The maximum Gasteiger partial charge on any atom is 0.269 e. The van der Waals surface area contributed by atoms with Crippen molar-refractivity contribution in [2.75, 3.05) is 13.2 Å². The summed E-state index contributed by atoms with van der Waals surface area (Å²) in [5.74, 6) is 2.98. The highest BCUT2D eigenvalue weighted by molar-refractivity contribution is 5.77.